The Labute approximate surface area is 228 Å². The largest absolute Gasteiger partial charge is 0.467 e. The van der Waals surface area contributed by atoms with Crippen LogP contribution in [-0.2, 0) is 14.3 Å². The summed E-state index contributed by atoms with van der Waals surface area (Å²) in [6.07, 6.45) is 1.48. The molecule has 40 heavy (non-hydrogen) atoms. The summed E-state index contributed by atoms with van der Waals surface area (Å²) < 4.78 is 22.6. The van der Waals surface area contributed by atoms with E-state index in [0.29, 0.717) is 34.3 Å². The minimum Gasteiger partial charge on any atom is -0.467 e. The predicted octanol–water partition coefficient (Wildman–Crippen LogP) is 4.19. The van der Waals surface area contributed by atoms with E-state index in [1.54, 1.807) is 72.9 Å². The summed E-state index contributed by atoms with van der Waals surface area (Å²) in [6.45, 7) is 0.0498. The molecule has 1 fully saturated rings. The van der Waals surface area contributed by atoms with Crippen molar-refractivity contribution in [2.45, 2.75) is 12.0 Å². The van der Waals surface area contributed by atoms with Gasteiger partial charge < -0.3 is 18.6 Å². The molecule has 0 spiro atoms. The minimum absolute atomic E-state index is 0.0498. The molecule has 2 N–H and O–H groups in total. The van der Waals surface area contributed by atoms with Gasteiger partial charge in [0.15, 0.2) is 5.76 Å². The van der Waals surface area contributed by atoms with Crippen molar-refractivity contribution in [1.82, 2.24) is 15.6 Å². The first-order valence-electron chi connectivity index (χ1n) is 12.1. The summed E-state index contributed by atoms with van der Waals surface area (Å²) in [7, 11) is 1.43. The van der Waals surface area contributed by atoms with Crippen molar-refractivity contribution < 1.29 is 33.0 Å². The van der Waals surface area contributed by atoms with Crippen LogP contribution in [-0.4, -0.2) is 42.1 Å². The van der Waals surface area contributed by atoms with Crippen LogP contribution in [0, 0.1) is 11.3 Å². The molecule has 0 aliphatic carbocycles. The number of methoxy groups -OCH3 is 1. The van der Waals surface area contributed by atoms with Crippen molar-refractivity contribution in [1.29, 1.82) is 5.26 Å². The van der Waals surface area contributed by atoms with Crippen LogP contribution in [0.15, 0.2) is 83.4 Å². The van der Waals surface area contributed by atoms with Gasteiger partial charge in [0, 0.05) is 24.7 Å². The zero-order chi connectivity index (χ0) is 28.1. The smallest absolute Gasteiger partial charge is 0.328 e. The number of imide groups is 2. The van der Waals surface area contributed by atoms with Gasteiger partial charge in [0.25, 0.3) is 17.4 Å². The third-order valence-corrected chi connectivity index (χ3v) is 6.12. The van der Waals surface area contributed by atoms with Crippen LogP contribution in [0.1, 0.15) is 12.0 Å². The Hall–Kier alpha value is -5.47. The minimum atomic E-state index is -1.96. The molecule has 11 nitrogen and oxygen atoms in total. The lowest BCUT2D eigenvalue weighted by atomic mass is 9.95. The number of urea groups is 1. The highest BCUT2D eigenvalue weighted by Crippen LogP contribution is 2.31. The summed E-state index contributed by atoms with van der Waals surface area (Å²) in [4.78, 5) is 41.0. The van der Waals surface area contributed by atoms with Crippen molar-refractivity contribution in [3.63, 3.8) is 0 Å². The van der Waals surface area contributed by atoms with Crippen molar-refractivity contribution in [3.8, 4) is 46.1 Å². The molecule has 11 heteroatoms. The van der Waals surface area contributed by atoms with E-state index >= 15 is 0 Å². The molecule has 1 aliphatic rings. The molecule has 0 radical (unpaired) electrons. The lowest BCUT2D eigenvalue weighted by molar-refractivity contribution is -0.153. The van der Waals surface area contributed by atoms with E-state index in [4.69, 9.17) is 18.6 Å². The Morgan fingerprint density at radius 2 is 1.52 bits per heavy atom. The first kappa shape index (κ1) is 26.1. The highest BCUT2D eigenvalue weighted by Gasteiger charge is 2.52. The van der Waals surface area contributed by atoms with Crippen LogP contribution >= 0.6 is 0 Å². The molecule has 5 rings (SSSR count). The van der Waals surface area contributed by atoms with E-state index in [9.17, 15) is 19.6 Å². The maximum Gasteiger partial charge on any atom is 0.328 e. The van der Waals surface area contributed by atoms with E-state index in [-0.39, 0.29) is 18.8 Å². The van der Waals surface area contributed by atoms with Crippen molar-refractivity contribution in [2.24, 2.45) is 0 Å². The topological polar surface area (TPSA) is 153 Å². The number of nitrogens with one attached hydrogen (secondary N) is 2. The molecule has 1 aromatic heterocycles. The van der Waals surface area contributed by atoms with E-state index in [1.807, 2.05) is 6.07 Å². The second-order valence-corrected chi connectivity index (χ2v) is 8.69. The quantitative estimate of drug-likeness (QED) is 0.299. The highest BCUT2D eigenvalue weighted by molar-refractivity contribution is 6.21. The number of hydrogen-bond donors (Lipinski definition) is 2. The van der Waals surface area contributed by atoms with E-state index in [2.05, 4.69) is 21.7 Å². The van der Waals surface area contributed by atoms with Gasteiger partial charge in [-0.15, -0.1) is 0 Å². The lowest BCUT2D eigenvalue weighted by Gasteiger charge is -2.34. The summed E-state index contributed by atoms with van der Waals surface area (Å²) >= 11 is 0. The van der Waals surface area contributed by atoms with E-state index in [1.165, 1.54) is 7.11 Å². The molecule has 4 amide bonds. The number of rotatable bonds is 9. The zero-order valence-electron chi connectivity index (χ0n) is 21.2. The second kappa shape index (κ2) is 11.1. The number of carbonyl (C=O) groups excluding carboxylic acids is 3. The molecule has 0 saturated carbocycles. The Kier molecular flexibility index (Phi) is 7.26. The Bertz CT molecular complexity index is 1580. The zero-order valence-corrected chi connectivity index (χ0v) is 21.2. The molecule has 1 saturated heterocycles. The number of amides is 4. The summed E-state index contributed by atoms with van der Waals surface area (Å²) in [6, 6.07) is 21.8. The number of oxazole rings is 1. The first-order valence-corrected chi connectivity index (χ1v) is 12.1. The number of carbonyl (C=O) groups is 3. The van der Waals surface area contributed by atoms with E-state index in [0.717, 1.165) is 5.56 Å². The predicted molar refractivity (Wildman–Crippen MR) is 140 cm³/mol. The molecule has 0 atom stereocenters. The van der Waals surface area contributed by atoms with Crippen LogP contribution in [0.3, 0.4) is 0 Å². The third-order valence-electron chi connectivity index (χ3n) is 6.12. The third kappa shape index (κ3) is 5.24. The van der Waals surface area contributed by atoms with Gasteiger partial charge in [0.2, 0.25) is 5.89 Å². The van der Waals surface area contributed by atoms with Gasteiger partial charge >= 0.3 is 6.03 Å². The second-order valence-electron chi connectivity index (χ2n) is 8.69. The van der Waals surface area contributed by atoms with Gasteiger partial charge in [0.1, 0.15) is 17.2 Å². The Morgan fingerprint density at radius 3 is 2.17 bits per heavy atom. The monoisotopic (exact) mass is 538 g/mol. The molecule has 3 aromatic carbocycles. The molecule has 0 unspecified atom stereocenters. The SMILES string of the molecule is COCCC1(Oc2ccc(Oc3ccc(-c4ncc(-c5ccccc5C#N)o4)cc3)cc2)C(=O)NC(=O)NC1=O. The molecule has 2 heterocycles. The Morgan fingerprint density at radius 1 is 0.900 bits per heavy atom. The number of nitriles is 1. The summed E-state index contributed by atoms with van der Waals surface area (Å²) in [5.74, 6) is 0.392. The molecule has 4 aromatic rings. The van der Waals surface area contributed by atoms with Gasteiger partial charge in [-0.05, 0) is 60.7 Å². The standard InChI is InChI=1S/C29H22N4O7/c1-37-15-14-29(26(34)32-28(36)33-27(29)35)40-22-12-10-21(11-13-22)38-20-8-6-18(7-9-20)25-31-17-24(39-25)23-5-3-2-4-19(23)16-30/h2-13,17H,14-15H2,1H3,(H2,32,33,34,35,36). The van der Waals surface area contributed by atoms with Gasteiger partial charge in [-0.1, -0.05) is 12.1 Å². The van der Waals surface area contributed by atoms with Crippen molar-refractivity contribution >= 4 is 17.8 Å². The average Bonchev–Trinajstić information content (AvgIpc) is 3.46. The average molecular weight is 539 g/mol. The number of barbiturate groups is 1. The Balaban J connectivity index is 1.27. The van der Waals surface area contributed by atoms with Crippen molar-refractivity contribution in [3.05, 3.63) is 84.6 Å². The fourth-order valence-corrected chi connectivity index (χ4v) is 4.07. The normalized spacial score (nSPS) is 14.2. The van der Waals surface area contributed by atoms with Gasteiger partial charge in [-0.2, -0.15) is 5.26 Å². The molecular formula is C29H22N4O7. The van der Waals surface area contributed by atoms with Gasteiger partial charge in [0.05, 0.1) is 24.4 Å². The molecule has 200 valence electrons. The maximum atomic E-state index is 12.6. The first-order chi connectivity index (χ1) is 19.4. The van der Waals surface area contributed by atoms with Gasteiger partial charge in [-0.3, -0.25) is 20.2 Å². The van der Waals surface area contributed by atoms with Crippen LogP contribution in [0.25, 0.3) is 22.8 Å². The number of ether oxygens (including phenoxy) is 3. The molecular weight excluding hydrogens is 516 g/mol. The number of nitrogens with zero attached hydrogens (tertiary/aromatic N) is 2. The van der Waals surface area contributed by atoms with Crippen LogP contribution in [0.5, 0.6) is 17.2 Å². The van der Waals surface area contributed by atoms with Crippen LogP contribution in [0.2, 0.25) is 0 Å². The maximum absolute atomic E-state index is 12.6. The highest BCUT2D eigenvalue weighted by atomic mass is 16.5. The molecule has 1 aliphatic heterocycles. The van der Waals surface area contributed by atoms with Gasteiger partial charge in [-0.25, -0.2) is 9.78 Å². The lowest BCUT2D eigenvalue weighted by Crippen LogP contribution is -2.69. The summed E-state index contributed by atoms with van der Waals surface area (Å²) in [5, 5.41) is 13.5. The molecule has 0 bridgehead atoms. The van der Waals surface area contributed by atoms with E-state index < -0.39 is 23.4 Å². The number of benzene rings is 3. The number of aromatic nitrogens is 1. The summed E-state index contributed by atoms with van der Waals surface area (Å²) in [5.41, 5.74) is -0.0750. The fraction of sp³-hybridized carbons (Fsp3) is 0.138. The van der Waals surface area contributed by atoms with Crippen LogP contribution < -0.4 is 20.1 Å². The number of hydrogen-bond acceptors (Lipinski definition) is 9. The van der Waals surface area contributed by atoms with Crippen LogP contribution in [0.4, 0.5) is 4.79 Å². The fourth-order valence-electron chi connectivity index (χ4n) is 4.07. The van der Waals surface area contributed by atoms with Crippen molar-refractivity contribution in [2.75, 3.05) is 13.7 Å².